The third-order valence-electron chi connectivity index (χ3n) is 5.74. The lowest BCUT2D eigenvalue weighted by molar-refractivity contribution is -0.132. The molecule has 1 aromatic carbocycles. The average molecular weight is 431 g/mol. The molecule has 1 aliphatic heterocycles. The van der Waals surface area contributed by atoms with Crippen molar-refractivity contribution in [3.05, 3.63) is 35.7 Å². The molecule has 0 unspecified atom stereocenters. The van der Waals surface area contributed by atoms with Crippen LogP contribution in [-0.2, 0) is 11.2 Å². The number of methoxy groups -OCH3 is 1. The molecule has 7 heteroatoms. The number of aromatic nitrogens is 2. The molecule has 0 atom stereocenters. The number of benzene rings is 1. The van der Waals surface area contributed by atoms with Crippen molar-refractivity contribution in [2.24, 2.45) is 5.92 Å². The second-order valence-electron chi connectivity index (χ2n) is 8.18. The van der Waals surface area contributed by atoms with Crippen LogP contribution in [0.5, 0.6) is 5.75 Å². The van der Waals surface area contributed by atoms with E-state index < -0.39 is 0 Å². The monoisotopic (exact) mass is 430 g/mol. The van der Waals surface area contributed by atoms with Crippen LogP contribution in [0.3, 0.4) is 0 Å². The van der Waals surface area contributed by atoms with E-state index in [4.69, 9.17) is 9.72 Å². The van der Waals surface area contributed by atoms with Crippen molar-refractivity contribution in [1.29, 1.82) is 0 Å². The van der Waals surface area contributed by atoms with Crippen LogP contribution in [0, 0.1) is 5.92 Å². The molecule has 2 heterocycles. The first kappa shape index (κ1) is 22.5. The van der Waals surface area contributed by atoms with Crippen molar-refractivity contribution in [2.75, 3.05) is 38.2 Å². The molecule has 1 fully saturated rings. The van der Waals surface area contributed by atoms with E-state index >= 15 is 0 Å². The fraction of sp³-hybridized carbons (Fsp3) is 0.609. The van der Waals surface area contributed by atoms with E-state index in [1.54, 1.807) is 7.11 Å². The highest BCUT2D eigenvalue weighted by atomic mass is 32.1. The quantitative estimate of drug-likeness (QED) is 0.559. The van der Waals surface area contributed by atoms with Gasteiger partial charge in [-0.2, -0.15) is 4.37 Å². The Morgan fingerprint density at radius 1 is 1.30 bits per heavy atom. The Bertz CT molecular complexity index is 802. The molecule has 0 saturated carbocycles. The van der Waals surface area contributed by atoms with Gasteiger partial charge in [-0.3, -0.25) is 4.79 Å². The van der Waals surface area contributed by atoms with Crippen LogP contribution in [0.25, 0.3) is 0 Å². The molecule has 1 aliphatic rings. The number of piperidine rings is 1. The number of carbonyl (C=O) groups is 1. The van der Waals surface area contributed by atoms with Crippen LogP contribution in [0.1, 0.15) is 57.3 Å². The fourth-order valence-corrected chi connectivity index (χ4v) is 4.45. The SMILES string of the molecule is CCCCN(CCC(=O)N1CCC(C)CC1)c1nc(Cc2cccc(OC)c2)ns1. The van der Waals surface area contributed by atoms with Crippen LogP contribution in [0.15, 0.2) is 24.3 Å². The predicted molar refractivity (Wildman–Crippen MR) is 122 cm³/mol. The molecule has 3 rings (SSSR count). The zero-order valence-electron chi connectivity index (χ0n) is 18.5. The lowest BCUT2D eigenvalue weighted by atomic mass is 9.99. The molecule has 0 bridgehead atoms. The first-order chi connectivity index (χ1) is 14.6. The van der Waals surface area contributed by atoms with E-state index in [1.807, 2.05) is 23.1 Å². The number of carbonyl (C=O) groups excluding carboxylic acids is 1. The van der Waals surface area contributed by atoms with E-state index in [1.165, 1.54) is 11.5 Å². The van der Waals surface area contributed by atoms with Gasteiger partial charge in [0.1, 0.15) is 11.6 Å². The minimum absolute atomic E-state index is 0.268. The van der Waals surface area contributed by atoms with Crippen molar-refractivity contribution in [3.63, 3.8) is 0 Å². The second kappa shape index (κ2) is 11.3. The molecule has 1 saturated heterocycles. The fourth-order valence-electron chi connectivity index (χ4n) is 3.71. The summed E-state index contributed by atoms with van der Waals surface area (Å²) in [5.74, 6) is 2.67. The van der Waals surface area contributed by atoms with E-state index in [9.17, 15) is 4.79 Å². The Kier molecular flexibility index (Phi) is 8.49. The third kappa shape index (κ3) is 6.42. The summed E-state index contributed by atoms with van der Waals surface area (Å²) < 4.78 is 9.88. The van der Waals surface area contributed by atoms with Gasteiger partial charge in [-0.15, -0.1) is 0 Å². The first-order valence-electron chi connectivity index (χ1n) is 11.1. The van der Waals surface area contributed by atoms with Crippen LogP contribution in [0.4, 0.5) is 5.13 Å². The number of anilines is 1. The topological polar surface area (TPSA) is 58.6 Å². The summed E-state index contributed by atoms with van der Waals surface area (Å²) in [4.78, 5) is 21.7. The summed E-state index contributed by atoms with van der Waals surface area (Å²) in [6.07, 6.45) is 5.66. The smallest absolute Gasteiger partial charge is 0.224 e. The second-order valence-corrected chi connectivity index (χ2v) is 8.91. The van der Waals surface area contributed by atoms with Gasteiger partial charge >= 0.3 is 0 Å². The minimum atomic E-state index is 0.268. The Labute approximate surface area is 184 Å². The average Bonchev–Trinajstić information content (AvgIpc) is 3.22. The van der Waals surface area contributed by atoms with Gasteiger partial charge in [-0.05, 0) is 42.9 Å². The van der Waals surface area contributed by atoms with Gasteiger partial charge in [0.25, 0.3) is 0 Å². The number of amides is 1. The number of ether oxygens (including phenoxy) is 1. The number of hydrogen-bond acceptors (Lipinski definition) is 6. The molecular formula is C23H34N4O2S. The predicted octanol–water partition coefficient (Wildman–Crippen LogP) is 4.39. The molecule has 1 amide bonds. The Hall–Kier alpha value is -2.15. The van der Waals surface area contributed by atoms with Crippen molar-refractivity contribution in [3.8, 4) is 5.75 Å². The molecule has 6 nitrogen and oxygen atoms in total. The summed E-state index contributed by atoms with van der Waals surface area (Å²) in [5.41, 5.74) is 1.13. The van der Waals surface area contributed by atoms with Crippen molar-refractivity contribution >= 4 is 22.6 Å². The zero-order valence-corrected chi connectivity index (χ0v) is 19.3. The van der Waals surface area contributed by atoms with E-state index in [2.05, 4.69) is 29.2 Å². The Balaban J connectivity index is 1.60. The van der Waals surface area contributed by atoms with Crippen molar-refractivity contribution < 1.29 is 9.53 Å². The van der Waals surface area contributed by atoms with Gasteiger partial charge < -0.3 is 14.5 Å². The van der Waals surface area contributed by atoms with Gasteiger partial charge in [0.15, 0.2) is 0 Å². The van der Waals surface area contributed by atoms with E-state index in [-0.39, 0.29) is 5.91 Å². The maximum atomic E-state index is 12.7. The van der Waals surface area contributed by atoms with Crippen molar-refractivity contribution in [2.45, 2.75) is 52.4 Å². The highest BCUT2D eigenvalue weighted by Crippen LogP contribution is 2.22. The van der Waals surface area contributed by atoms with Gasteiger partial charge in [-0.25, -0.2) is 4.98 Å². The van der Waals surface area contributed by atoms with Crippen LogP contribution in [0.2, 0.25) is 0 Å². The maximum absolute atomic E-state index is 12.7. The summed E-state index contributed by atoms with van der Waals surface area (Å²) in [5, 5.41) is 0.918. The lowest BCUT2D eigenvalue weighted by Crippen LogP contribution is -2.39. The molecule has 2 aromatic rings. The highest BCUT2D eigenvalue weighted by Gasteiger charge is 2.21. The molecule has 0 radical (unpaired) electrons. The standard InChI is InChI=1S/C23H34N4O2S/c1-4-5-12-27(15-11-22(28)26-13-9-18(2)10-14-26)23-24-21(25-30-23)17-19-7-6-8-20(16-19)29-3/h6-8,16,18H,4-5,9-15,17H2,1-3H3. The summed E-state index contributed by atoms with van der Waals surface area (Å²) in [6.45, 7) is 7.88. The summed E-state index contributed by atoms with van der Waals surface area (Å²) in [7, 11) is 1.68. The lowest BCUT2D eigenvalue weighted by Gasteiger charge is -2.31. The molecule has 30 heavy (non-hydrogen) atoms. The summed E-state index contributed by atoms with van der Waals surface area (Å²) in [6, 6.07) is 8.02. The first-order valence-corrected chi connectivity index (χ1v) is 11.8. The molecule has 0 spiro atoms. The van der Waals surface area contributed by atoms with E-state index in [0.717, 1.165) is 73.5 Å². The Morgan fingerprint density at radius 2 is 2.10 bits per heavy atom. The van der Waals surface area contributed by atoms with Gasteiger partial charge in [-0.1, -0.05) is 32.4 Å². The molecular weight excluding hydrogens is 396 g/mol. The van der Waals surface area contributed by atoms with Gasteiger partial charge in [0.2, 0.25) is 11.0 Å². The van der Waals surface area contributed by atoms with Gasteiger partial charge in [0, 0.05) is 50.6 Å². The van der Waals surface area contributed by atoms with Crippen molar-refractivity contribution in [1.82, 2.24) is 14.3 Å². The normalized spacial score (nSPS) is 14.7. The number of unbranched alkanes of at least 4 members (excludes halogenated alkanes) is 1. The number of rotatable bonds is 10. The maximum Gasteiger partial charge on any atom is 0.224 e. The Morgan fingerprint density at radius 3 is 2.83 bits per heavy atom. The van der Waals surface area contributed by atoms with Crippen LogP contribution < -0.4 is 9.64 Å². The largest absolute Gasteiger partial charge is 0.497 e. The summed E-state index contributed by atoms with van der Waals surface area (Å²) >= 11 is 1.43. The number of hydrogen-bond donors (Lipinski definition) is 0. The van der Waals surface area contributed by atoms with E-state index in [0.29, 0.717) is 19.4 Å². The van der Waals surface area contributed by atoms with Crippen LogP contribution >= 0.6 is 11.5 Å². The van der Waals surface area contributed by atoms with Crippen LogP contribution in [-0.4, -0.2) is 53.5 Å². The molecule has 0 aliphatic carbocycles. The number of likely N-dealkylation sites (tertiary alicyclic amines) is 1. The zero-order chi connectivity index (χ0) is 21.3. The third-order valence-corrected chi connectivity index (χ3v) is 6.55. The molecule has 1 aromatic heterocycles. The van der Waals surface area contributed by atoms with Gasteiger partial charge in [0.05, 0.1) is 7.11 Å². The minimum Gasteiger partial charge on any atom is -0.497 e. The number of nitrogens with zero attached hydrogens (tertiary/aromatic N) is 4. The molecule has 0 N–H and O–H groups in total. The highest BCUT2D eigenvalue weighted by molar-refractivity contribution is 7.09. The molecule has 164 valence electrons.